The van der Waals surface area contributed by atoms with Crippen molar-refractivity contribution in [1.29, 1.82) is 0 Å². The summed E-state index contributed by atoms with van der Waals surface area (Å²) in [4.78, 5) is 12.9. The number of benzene rings is 1. The fourth-order valence-corrected chi connectivity index (χ4v) is 5.49. The number of methoxy groups -OCH3 is 1. The van der Waals surface area contributed by atoms with E-state index in [0.717, 1.165) is 9.17 Å². The lowest BCUT2D eigenvalue weighted by molar-refractivity contribution is 0.400. The molecule has 0 unspecified atom stereocenters. The molecule has 4 aromatic rings. The third kappa shape index (κ3) is 3.93. The number of nitrogens with one attached hydrogen (secondary N) is 1. The highest BCUT2D eigenvalue weighted by molar-refractivity contribution is 9.10. The predicted molar refractivity (Wildman–Crippen MR) is 117 cm³/mol. The SMILES string of the molecule is COc1ncc(-c2nc(Cl)nc3c(Br)csc23)cc1NS(=O)(=O)c1ccccc1. The molecule has 7 nitrogen and oxygen atoms in total. The fraction of sp³-hybridized carbons (Fsp3) is 0.0556. The summed E-state index contributed by atoms with van der Waals surface area (Å²) in [6.07, 6.45) is 1.55. The average Bonchev–Trinajstić information content (AvgIpc) is 3.08. The van der Waals surface area contributed by atoms with Crippen molar-refractivity contribution in [1.82, 2.24) is 15.0 Å². The molecule has 148 valence electrons. The van der Waals surface area contributed by atoms with Crippen LogP contribution in [0.2, 0.25) is 5.28 Å². The van der Waals surface area contributed by atoms with Gasteiger partial charge >= 0.3 is 0 Å². The van der Waals surface area contributed by atoms with Crippen LogP contribution in [0.5, 0.6) is 5.88 Å². The Morgan fingerprint density at radius 3 is 2.69 bits per heavy atom. The van der Waals surface area contributed by atoms with Crippen LogP contribution in [-0.2, 0) is 10.0 Å². The zero-order valence-corrected chi connectivity index (χ0v) is 18.7. The van der Waals surface area contributed by atoms with Crippen LogP contribution in [0.3, 0.4) is 0 Å². The number of thiophene rings is 1. The van der Waals surface area contributed by atoms with E-state index in [4.69, 9.17) is 16.3 Å². The molecule has 0 aliphatic rings. The van der Waals surface area contributed by atoms with E-state index in [1.165, 1.54) is 30.6 Å². The lowest BCUT2D eigenvalue weighted by Crippen LogP contribution is -2.14. The molecule has 29 heavy (non-hydrogen) atoms. The molecule has 3 aromatic heterocycles. The molecule has 3 heterocycles. The summed E-state index contributed by atoms with van der Waals surface area (Å²) < 4.78 is 34.8. The average molecular weight is 512 g/mol. The Hall–Kier alpha value is -2.27. The second-order valence-electron chi connectivity index (χ2n) is 5.80. The molecule has 0 fully saturated rings. The summed E-state index contributed by atoms with van der Waals surface area (Å²) in [7, 11) is -2.41. The predicted octanol–water partition coefficient (Wildman–Crippen LogP) is 4.98. The van der Waals surface area contributed by atoms with Gasteiger partial charge in [-0.3, -0.25) is 4.72 Å². The molecule has 0 aliphatic carbocycles. The number of fused-ring (bicyclic) bond motifs is 1. The highest BCUT2D eigenvalue weighted by Crippen LogP contribution is 2.38. The summed E-state index contributed by atoms with van der Waals surface area (Å²) in [5.74, 6) is 0.136. The normalized spacial score (nSPS) is 11.6. The molecular formula is C18H12BrClN4O3S2. The van der Waals surface area contributed by atoms with E-state index in [-0.39, 0.29) is 21.7 Å². The zero-order chi connectivity index (χ0) is 20.6. The molecule has 11 heteroatoms. The summed E-state index contributed by atoms with van der Waals surface area (Å²) in [6, 6.07) is 9.65. The van der Waals surface area contributed by atoms with Crippen LogP contribution < -0.4 is 9.46 Å². The number of ether oxygens (including phenoxy) is 1. The maximum atomic E-state index is 12.7. The van der Waals surface area contributed by atoms with E-state index >= 15 is 0 Å². The first-order valence-electron chi connectivity index (χ1n) is 8.11. The van der Waals surface area contributed by atoms with Gasteiger partial charge in [0, 0.05) is 17.1 Å². The van der Waals surface area contributed by atoms with Gasteiger partial charge in [0.2, 0.25) is 11.2 Å². The van der Waals surface area contributed by atoms with Crippen LogP contribution >= 0.6 is 38.9 Å². The molecule has 0 amide bonds. The molecule has 0 bridgehead atoms. The van der Waals surface area contributed by atoms with E-state index in [2.05, 4.69) is 35.6 Å². The molecule has 1 aromatic carbocycles. The Morgan fingerprint density at radius 2 is 1.97 bits per heavy atom. The third-order valence-electron chi connectivity index (χ3n) is 3.96. The van der Waals surface area contributed by atoms with Crippen molar-refractivity contribution < 1.29 is 13.2 Å². The molecule has 0 radical (unpaired) electrons. The first-order chi connectivity index (χ1) is 13.9. The Labute approximate surface area is 183 Å². The van der Waals surface area contributed by atoms with E-state index in [1.54, 1.807) is 30.5 Å². The largest absolute Gasteiger partial charge is 0.480 e. The van der Waals surface area contributed by atoms with E-state index < -0.39 is 10.0 Å². The second kappa shape index (κ2) is 7.86. The van der Waals surface area contributed by atoms with Crippen molar-refractivity contribution in [3.63, 3.8) is 0 Å². The molecule has 0 aliphatic heterocycles. The quantitative estimate of drug-likeness (QED) is 0.380. The van der Waals surface area contributed by atoms with Crippen molar-refractivity contribution in [2.75, 3.05) is 11.8 Å². The molecule has 1 N–H and O–H groups in total. The molecule has 0 atom stereocenters. The number of nitrogens with zero attached hydrogens (tertiary/aromatic N) is 3. The summed E-state index contributed by atoms with van der Waals surface area (Å²) in [5, 5.41) is 1.96. The molecule has 0 saturated carbocycles. The van der Waals surface area contributed by atoms with Gasteiger partial charge in [-0.1, -0.05) is 18.2 Å². The number of hydrogen-bond donors (Lipinski definition) is 1. The van der Waals surface area contributed by atoms with E-state index in [9.17, 15) is 8.42 Å². The molecule has 4 rings (SSSR count). The number of hydrogen-bond acceptors (Lipinski definition) is 7. The first-order valence-corrected chi connectivity index (χ1v) is 11.6. The summed E-state index contributed by atoms with van der Waals surface area (Å²) in [5.41, 5.74) is 1.98. The molecule has 0 spiro atoms. The van der Waals surface area contributed by atoms with Gasteiger partial charge in [-0.05, 0) is 45.7 Å². The van der Waals surface area contributed by atoms with Crippen LogP contribution in [0.15, 0.2) is 57.3 Å². The van der Waals surface area contributed by atoms with Gasteiger partial charge < -0.3 is 4.74 Å². The Kier molecular flexibility index (Phi) is 5.43. The van der Waals surface area contributed by atoms with Crippen molar-refractivity contribution in [3.8, 4) is 17.1 Å². The standard InChI is InChI=1S/C18H12BrClN4O3S2/c1-27-17-13(24-29(25,26)11-5-3-2-4-6-11)7-10(8-21-17)14-16-15(12(19)9-28-16)23-18(20)22-14/h2-9,24H,1H3. The minimum atomic E-state index is -3.83. The number of aromatic nitrogens is 3. The lowest BCUT2D eigenvalue weighted by Gasteiger charge is -2.13. The van der Waals surface area contributed by atoms with Gasteiger partial charge in [-0.2, -0.15) is 0 Å². The van der Waals surface area contributed by atoms with E-state index in [1.807, 2.05) is 5.38 Å². The van der Waals surface area contributed by atoms with Gasteiger partial charge in [0.25, 0.3) is 10.0 Å². The van der Waals surface area contributed by atoms with Crippen LogP contribution in [0.1, 0.15) is 0 Å². The van der Waals surface area contributed by atoms with Gasteiger partial charge in [0.1, 0.15) is 11.2 Å². The zero-order valence-electron chi connectivity index (χ0n) is 14.8. The minimum absolute atomic E-state index is 0.0776. The maximum absolute atomic E-state index is 12.7. The highest BCUT2D eigenvalue weighted by Gasteiger charge is 2.20. The maximum Gasteiger partial charge on any atom is 0.262 e. The molecule has 0 saturated heterocycles. The topological polar surface area (TPSA) is 94.1 Å². The van der Waals surface area contributed by atoms with Gasteiger partial charge in [-0.15, -0.1) is 11.3 Å². The van der Waals surface area contributed by atoms with E-state index in [0.29, 0.717) is 16.8 Å². The van der Waals surface area contributed by atoms with Crippen LogP contribution in [0, 0.1) is 0 Å². The lowest BCUT2D eigenvalue weighted by atomic mass is 10.2. The highest BCUT2D eigenvalue weighted by atomic mass is 79.9. The van der Waals surface area contributed by atoms with Crippen LogP contribution in [-0.4, -0.2) is 30.5 Å². The van der Waals surface area contributed by atoms with Crippen molar-refractivity contribution in [2.45, 2.75) is 4.90 Å². The van der Waals surface area contributed by atoms with Crippen molar-refractivity contribution in [3.05, 3.63) is 57.7 Å². The number of sulfonamides is 1. The monoisotopic (exact) mass is 510 g/mol. The summed E-state index contributed by atoms with van der Waals surface area (Å²) >= 11 is 11.0. The number of halogens is 2. The van der Waals surface area contributed by atoms with Crippen molar-refractivity contribution >= 4 is 64.8 Å². The van der Waals surface area contributed by atoms with Crippen molar-refractivity contribution in [2.24, 2.45) is 0 Å². The Morgan fingerprint density at radius 1 is 1.21 bits per heavy atom. The number of rotatable bonds is 5. The fourth-order valence-electron chi connectivity index (χ4n) is 2.68. The molecular weight excluding hydrogens is 500 g/mol. The smallest absolute Gasteiger partial charge is 0.262 e. The first kappa shape index (κ1) is 20.0. The van der Waals surface area contributed by atoms with Gasteiger partial charge in [0.05, 0.1) is 26.9 Å². The Balaban J connectivity index is 1.83. The third-order valence-corrected chi connectivity index (χ3v) is 7.39. The summed E-state index contributed by atoms with van der Waals surface area (Å²) in [6.45, 7) is 0. The van der Waals surface area contributed by atoms with Crippen LogP contribution in [0.25, 0.3) is 21.5 Å². The Bertz CT molecular complexity index is 1310. The van der Waals surface area contributed by atoms with Gasteiger partial charge in [-0.25, -0.2) is 23.4 Å². The minimum Gasteiger partial charge on any atom is -0.480 e. The number of anilines is 1. The second-order valence-corrected chi connectivity index (χ2v) is 9.56. The van der Waals surface area contributed by atoms with Gasteiger partial charge in [0.15, 0.2) is 0 Å². The van der Waals surface area contributed by atoms with Crippen LogP contribution in [0.4, 0.5) is 5.69 Å². The number of pyridine rings is 1.